The van der Waals surface area contributed by atoms with Crippen LogP contribution in [0.5, 0.6) is 0 Å². The molecule has 0 spiro atoms. The SMILES string of the molecule is CCNC(=O)CN1CC[C@@H](C)C(F)(F)C1. The van der Waals surface area contributed by atoms with E-state index in [9.17, 15) is 13.6 Å². The second-order valence-electron chi connectivity index (χ2n) is 4.11. The highest BCUT2D eigenvalue weighted by atomic mass is 19.3. The Labute approximate surface area is 88.8 Å². The number of nitrogens with zero attached hydrogens (tertiary/aromatic N) is 1. The first-order chi connectivity index (χ1) is 6.95. The van der Waals surface area contributed by atoms with Crippen molar-refractivity contribution in [1.82, 2.24) is 10.2 Å². The third-order valence-corrected chi connectivity index (χ3v) is 2.77. The molecule has 0 aliphatic carbocycles. The van der Waals surface area contributed by atoms with Gasteiger partial charge in [-0.25, -0.2) is 8.78 Å². The summed E-state index contributed by atoms with van der Waals surface area (Å²) in [5, 5.41) is 2.61. The first-order valence-corrected chi connectivity index (χ1v) is 5.32. The Morgan fingerprint density at radius 3 is 2.80 bits per heavy atom. The molecule has 3 nitrogen and oxygen atoms in total. The number of carbonyl (C=O) groups is 1. The standard InChI is InChI=1S/C10H18F2N2O/c1-3-13-9(15)6-14-5-4-8(2)10(11,12)7-14/h8H,3-7H2,1-2H3,(H,13,15)/t8-/m1/s1. The number of hydrogen-bond donors (Lipinski definition) is 1. The highest BCUT2D eigenvalue weighted by molar-refractivity contribution is 5.77. The van der Waals surface area contributed by atoms with Crippen molar-refractivity contribution >= 4 is 5.91 Å². The lowest BCUT2D eigenvalue weighted by molar-refractivity contribution is -0.129. The number of likely N-dealkylation sites (tertiary alicyclic amines) is 1. The van der Waals surface area contributed by atoms with Crippen molar-refractivity contribution in [3.8, 4) is 0 Å². The molecule has 0 unspecified atom stereocenters. The normalized spacial score (nSPS) is 26.3. The van der Waals surface area contributed by atoms with Crippen LogP contribution < -0.4 is 5.32 Å². The van der Waals surface area contributed by atoms with Gasteiger partial charge in [-0.1, -0.05) is 6.92 Å². The van der Waals surface area contributed by atoms with Crippen LogP contribution >= 0.6 is 0 Å². The highest BCUT2D eigenvalue weighted by Gasteiger charge is 2.41. The Morgan fingerprint density at radius 2 is 2.27 bits per heavy atom. The van der Waals surface area contributed by atoms with E-state index < -0.39 is 11.8 Å². The zero-order chi connectivity index (χ0) is 11.5. The number of alkyl halides is 2. The lowest BCUT2D eigenvalue weighted by Crippen LogP contribution is -2.50. The van der Waals surface area contributed by atoms with E-state index in [0.29, 0.717) is 19.5 Å². The Bertz CT molecular complexity index is 233. The topological polar surface area (TPSA) is 32.3 Å². The third kappa shape index (κ3) is 3.41. The van der Waals surface area contributed by atoms with Crippen LogP contribution in [0.4, 0.5) is 8.78 Å². The average Bonchev–Trinajstić information content (AvgIpc) is 2.11. The molecular weight excluding hydrogens is 202 g/mol. The van der Waals surface area contributed by atoms with Crippen LogP contribution in [0.2, 0.25) is 0 Å². The minimum atomic E-state index is -2.66. The average molecular weight is 220 g/mol. The first-order valence-electron chi connectivity index (χ1n) is 5.32. The molecular formula is C10H18F2N2O. The molecule has 1 aliphatic heterocycles. The lowest BCUT2D eigenvalue weighted by Gasteiger charge is -2.36. The Balaban J connectivity index is 2.42. The third-order valence-electron chi connectivity index (χ3n) is 2.77. The molecule has 1 fully saturated rings. The van der Waals surface area contributed by atoms with Gasteiger partial charge >= 0.3 is 0 Å². The minimum absolute atomic E-state index is 0.0795. The quantitative estimate of drug-likeness (QED) is 0.772. The van der Waals surface area contributed by atoms with E-state index in [2.05, 4.69) is 5.32 Å². The van der Waals surface area contributed by atoms with Crippen LogP contribution in [0.15, 0.2) is 0 Å². The van der Waals surface area contributed by atoms with E-state index in [1.54, 1.807) is 6.92 Å². The van der Waals surface area contributed by atoms with Gasteiger partial charge in [0, 0.05) is 12.5 Å². The summed E-state index contributed by atoms with van der Waals surface area (Å²) in [4.78, 5) is 12.7. The summed E-state index contributed by atoms with van der Waals surface area (Å²) in [6.07, 6.45) is 0.451. The molecule has 0 saturated carbocycles. The van der Waals surface area contributed by atoms with Crippen molar-refractivity contribution in [2.75, 3.05) is 26.2 Å². The van der Waals surface area contributed by atoms with Crippen LogP contribution in [0.25, 0.3) is 0 Å². The van der Waals surface area contributed by atoms with E-state index in [-0.39, 0.29) is 19.0 Å². The number of hydrogen-bond acceptors (Lipinski definition) is 2. The summed E-state index contributed by atoms with van der Waals surface area (Å²) < 4.78 is 26.6. The van der Waals surface area contributed by atoms with Gasteiger partial charge in [0.15, 0.2) is 0 Å². The second kappa shape index (κ2) is 4.88. The van der Waals surface area contributed by atoms with E-state index in [4.69, 9.17) is 0 Å². The van der Waals surface area contributed by atoms with Crippen molar-refractivity contribution < 1.29 is 13.6 Å². The molecule has 1 N–H and O–H groups in total. The van der Waals surface area contributed by atoms with Crippen LogP contribution in [0, 0.1) is 5.92 Å². The molecule has 15 heavy (non-hydrogen) atoms. The molecule has 1 atom stereocenters. The van der Waals surface area contributed by atoms with Gasteiger partial charge in [0.25, 0.3) is 5.92 Å². The predicted molar refractivity (Wildman–Crippen MR) is 53.9 cm³/mol. The van der Waals surface area contributed by atoms with E-state index >= 15 is 0 Å². The molecule has 0 aromatic heterocycles. The molecule has 88 valence electrons. The molecule has 1 rings (SSSR count). The van der Waals surface area contributed by atoms with Crippen LogP contribution in [0.3, 0.4) is 0 Å². The van der Waals surface area contributed by atoms with Crippen molar-refractivity contribution in [2.45, 2.75) is 26.2 Å². The van der Waals surface area contributed by atoms with Crippen molar-refractivity contribution in [3.05, 3.63) is 0 Å². The molecule has 0 aromatic carbocycles. The molecule has 0 aromatic rings. The van der Waals surface area contributed by atoms with Gasteiger partial charge in [-0.05, 0) is 19.9 Å². The number of halogens is 2. The molecule has 0 bridgehead atoms. The smallest absolute Gasteiger partial charge is 0.263 e. The first kappa shape index (κ1) is 12.4. The van der Waals surface area contributed by atoms with Gasteiger partial charge < -0.3 is 5.32 Å². The van der Waals surface area contributed by atoms with E-state index in [1.807, 2.05) is 6.92 Å². The Hall–Kier alpha value is -0.710. The fourth-order valence-corrected chi connectivity index (χ4v) is 1.71. The monoisotopic (exact) mass is 220 g/mol. The maximum absolute atomic E-state index is 13.3. The summed E-state index contributed by atoms with van der Waals surface area (Å²) in [6, 6.07) is 0. The van der Waals surface area contributed by atoms with Gasteiger partial charge in [0.05, 0.1) is 13.1 Å². The van der Waals surface area contributed by atoms with E-state index in [1.165, 1.54) is 4.90 Å². The largest absolute Gasteiger partial charge is 0.355 e. The van der Waals surface area contributed by atoms with Crippen LogP contribution in [0.1, 0.15) is 20.3 Å². The number of piperidine rings is 1. The van der Waals surface area contributed by atoms with Gasteiger partial charge in [-0.2, -0.15) is 0 Å². The molecule has 1 amide bonds. The summed E-state index contributed by atoms with van der Waals surface area (Å²) in [5.41, 5.74) is 0. The molecule has 1 saturated heterocycles. The molecule has 0 radical (unpaired) electrons. The predicted octanol–water partition coefficient (Wildman–Crippen LogP) is 1.10. The maximum atomic E-state index is 13.3. The lowest BCUT2D eigenvalue weighted by atomic mass is 9.95. The van der Waals surface area contributed by atoms with Gasteiger partial charge in [0.1, 0.15) is 0 Å². The van der Waals surface area contributed by atoms with Crippen molar-refractivity contribution in [3.63, 3.8) is 0 Å². The Morgan fingerprint density at radius 1 is 1.60 bits per heavy atom. The van der Waals surface area contributed by atoms with Crippen molar-refractivity contribution in [1.29, 1.82) is 0 Å². The summed E-state index contributed by atoms with van der Waals surface area (Å²) in [5.74, 6) is -3.42. The molecule has 1 aliphatic rings. The van der Waals surface area contributed by atoms with Crippen LogP contribution in [-0.2, 0) is 4.79 Å². The molecule has 5 heteroatoms. The summed E-state index contributed by atoms with van der Waals surface area (Å²) in [7, 11) is 0. The molecule has 1 heterocycles. The second-order valence-corrected chi connectivity index (χ2v) is 4.11. The zero-order valence-electron chi connectivity index (χ0n) is 9.22. The van der Waals surface area contributed by atoms with Gasteiger partial charge in [0.2, 0.25) is 5.91 Å². The highest BCUT2D eigenvalue weighted by Crippen LogP contribution is 2.31. The van der Waals surface area contributed by atoms with Crippen LogP contribution in [-0.4, -0.2) is 42.9 Å². The summed E-state index contributed by atoms with van der Waals surface area (Å²) >= 11 is 0. The number of likely N-dealkylation sites (N-methyl/N-ethyl adjacent to an activating group) is 1. The number of nitrogens with one attached hydrogen (secondary N) is 1. The fraction of sp³-hybridized carbons (Fsp3) is 0.900. The number of rotatable bonds is 3. The zero-order valence-corrected chi connectivity index (χ0v) is 9.22. The number of carbonyl (C=O) groups excluding carboxylic acids is 1. The Kier molecular flexibility index (Phi) is 4.02. The maximum Gasteiger partial charge on any atom is 0.263 e. The fourth-order valence-electron chi connectivity index (χ4n) is 1.71. The van der Waals surface area contributed by atoms with E-state index in [0.717, 1.165) is 0 Å². The minimum Gasteiger partial charge on any atom is -0.355 e. The summed E-state index contributed by atoms with van der Waals surface area (Å²) in [6.45, 7) is 4.27. The van der Waals surface area contributed by atoms with Gasteiger partial charge in [-0.3, -0.25) is 9.69 Å². The van der Waals surface area contributed by atoms with Crippen molar-refractivity contribution in [2.24, 2.45) is 5.92 Å². The van der Waals surface area contributed by atoms with Gasteiger partial charge in [-0.15, -0.1) is 0 Å². The number of amides is 1.